The van der Waals surface area contributed by atoms with Gasteiger partial charge in [0.2, 0.25) is 5.91 Å². The molecule has 0 aliphatic heterocycles. The van der Waals surface area contributed by atoms with Gasteiger partial charge in [-0.15, -0.1) is 0 Å². The van der Waals surface area contributed by atoms with Crippen LogP contribution in [-0.4, -0.2) is 10.9 Å². The van der Waals surface area contributed by atoms with E-state index >= 15 is 0 Å². The van der Waals surface area contributed by atoms with Crippen LogP contribution in [0.25, 0.3) is 6.08 Å². The Kier molecular flexibility index (Phi) is 3.70. The van der Waals surface area contributed by atoms with E-state index in [2.05, 4.69) is 4.98 Å². The van der Waals surface area contributed by atoms with Crippen LogP contribution in [0, 0.1) is 0 Å². The Balaban J connectivity index is 2.37. The molecule has 3 heteroatoms. The number of hydrogen-bond donors (Lipinski definition) is 1. The van der Waals surface area contributed by atoms with Gasteiger partial charge in [0, 0.05) is 18.8 Å². The molecule has 2 N–H and O–H groups in total. The molecule has 68 valence electrons. The quantitative estimate of drug-likeness (QED) is 0.753. The second kappa shape index (κ2) is 5.09. The molecule has 0 aliphatic rings. The van der Waals surface area contributed by atoms with E-state index in [0.717, 1.165) is 5.56 Å². The number of nitrogens with zero attached hydrogens (tertiary/aromatic N) is 1. The lowest BCUT2D eigenvalue weighted by atomic mass is 10.2. The molecule has 1 heterocycles. The van der Waals surface area contributed by atoms with Crippen molar-refractivity contribution >= 4 is 12.0 Å². The second-order valence-electron chi connectivity index (χ2n) is 2.69. The number of carbonyl (C=O) groups is 1. The van der Waals surface area contributed by atoms with Crippen LogP contribution in [0.3, 0.4) is 0 Å². The normalized spacial score (nSPS) is 10.5. The molecule has 0 unspecified atom stereocenters. The lowest BCUT2D eigenvalue weighted by Crippen LogP contribution is -2.08. The van der Waals surface area contributed by atoms with Crippen molar-refractivity contribution < 1.29 is 4.79 Å². The van der Waals surface area contributed by atoms with Crippen LogP contribution < -0.4 is 5.73 Å². The maximum Gasteiger partial charge on any atom is 0.217 e. The van der Waals surface area contributed by atoms with Crippen LogP contribution in [0.15, 0.2) is 30.6 Å². The van der Waals surface area contributed by atoms with Crippen molar-refractivity contribution in [3.63, 3.8) is 0 Å². The molecule has 0 bridgehead atoms. The molecule has 1 aromatic rings. The summed E-state index contributed by atoms with van der Waals surface area (Å²) in [5.41, 5.74) is 6.07. The molecule has 0 atom stereocenters. The summed E-state index contributed by atoms with van der Waals surface area (Å²) < 4.78 is 0. The van der Waals surface area contributed by atoms with Gasteiger partial charge in [-0.25, -0.2) is 0 Å². The Morgan fingerprint density at radius 3 is 2.77 bits per heavy atom. The molecule has 0 aliphatic carbocycles. The van der Waals surface area contributed by atoms with Gasteiger partial charge in [-0.2, -0.15) is 0 Å². The minimum Gasteiger partial charge on any atom is -0.370 e. The van der Waals surface area contributed by atoms with Gasteiger partial charge in [0.1, 0.15) is 0 Å². The van der Waals surface area contributed by atoms with Gasteiger partial charge in [-0.3, -0.25) is 9.78 Å². The highest BCUT2D eigenvalue weighted by molar-refractivity contribution is 5.74. The van der Waals surface area contributed by atoms with Gasteiger partial charge in [-0.05, 0) is 24.1 Å². The third kappa shape index (κ3) is 4.06. The minimum absolute atomic E-state index is 0.264. The molecule has 1 amide bonds. The summed E-state index contributed by atoms with van der Waals surface area (Å²) in [7, 11) is 0. The molecular formula is C10H12N2O. The van der Waals surface area contributed by atoms with Crippen molar-refractivity contribution in [1.82, 2.24) is 4.98 Å². The summed E-state index contributed by atoms with van der Waals surface area (Å²) in [6.45, 7) is 0. The first-order valence-corrected chi connectivity index (χ1v) is 4.14. The number of primary amides is 1. The molecule has 13 heavy (non-hydrogen) atoms. The van der Waals surface area contributed by atoms with E-state index in [9.17, 15) is 4.79 Å². The summed E-state index contributed by atoms with van der Waals surface area (Å²) >= 11 is 0. The zero-order chi connectivity index (χ0) is 9.52. The van der Waals surface area contributed by atoms with Crippen molar-refractivity contribution in [3.8, 4) is 0 Å². The molecule has 1 rings (SSSR count). The fourth-order valence-corrected chi connectivity index (χ4v) is 0.920. The van der Waals surface area contributed by atoms with Crippen molar-refractivity contribution in [2.45, 2.75) is 12.8 Å². The Bertz CT molecular complexity index is 293. The topological polar surface area (TPSA) is 56.0 Å². The molecule has 1 aromatic heterocycles. The van der Waals surface area contributed by atoms with Crippen LogP contribution in [0.2, 0.25) is 0 Å². The first-order valence-electron chi connectivity index (χ1n) is 4.14. The Labute approximate surface area is 77.3 Å². The monoisotopic (exact) mass is 176 g/mol. The molecule has 0 aromatic carbocycles. The summed E-state index contributed by atoms with van der Waals surface area (Å²) in [6, 6.07) is 3.81. The maximum absolute atomic E-state index is 10.4. The van der Waals surface area contributed by atoms with Crippen molar-refractivity contribution in [3.05, 3.63) is 36.2 Å². The molecule has 3 nitrogen and oxygen atoms in total. The Morgan fingerprint density at radius 2 is 2.15 bits per heavy atom. The Hall–Kier alpha value is -1.64. The number of allylic oxidation sites excluding steroid dienone is 1. The Morgan fingerprint density at radius 1 is 1.46 bits per heavy atom. The van der Waals surface area contributed by atoms with E-state index in [1.54, 1.807) is 12.4 Å². The van der Waals surface area contributed by atoms with Crippen LogP contribution in [0.5, 0.6) is 0 Å². The van der Waals surface area contributed by atoms with E-state index in [1.165, 1.54) is 0 Å². The molecule has 0 fully saturated rings. The van der Waals surface area contributed by atoms with Gasteiger partial charge in [0.15, 0.2) is 0 Å². The second-order valence-corrected chi connectivity index (χ2v) is 2.69. The number of rotatable bonds is 4. The predicted octanol–water partition coefficient (Wildman–Crippen LogP) is 1.36. The van der Waals surface area contributed by atoms with Gasteiger partial charge in [-0.1, -0.05) is 12.2 Å². The van der Waals surface area contributed by atoms with Gasteiger partial charge in [0.05, 0.1) is 0 Å². The number of aromatic nitrogens is 1. The van der Waals surface area contributed by atoms with Crippen LogP contribution in [-0.2, 0) is 4.79 Å². The van der Waals surface area contributed by atoms with E-state index < -0.39 is 0 Å². The number of pyridine rings is 1. The van der Waals surface area contributed by atoms with Crippen LogP contribution in [0.1, 0.15) is 18.4 Å². The first kappa shape index (κ1) is 9.45. The smallest absolute Gasteiger partial charge is 0.217 e. The third-order valence-corrected chi connectivity index (χ3v) is 1.57. The van der Waals surface area contributed by atoms with Gasteiger partial charge >= 0.3 is 0 Å². The number of nitrogens with two attached hydrogens (primary N) is 1. The minimum atomic E-state index is -0.264. The zero-order valence-corrected chi connectivity index (χ0v) is 7.31. The first-order chi connectivity index (χ1) is 6.29. The number of hydrogen-bond acceptors (Lipinski definition) is 2. The predicted molar refractivity (Wildman–Crippen MR) is 51.7 cm³/mol. The highest BCUT2D eigenvalue weighted by Crippen LogP contribution is 2.01. The lowest BCUT2D eigenvalue weighted by Gasteiger charge is -1.90. The van der Waals surface area contributed by atoms with Crippen molar-refractivity contribution in [2.75, 3.05) is 0 Å². The standard InChI is InChI=1S/C10H12N2O/c11-10(13)4-2-1-3-9-5-7-12-8-6-9/h1,3,5-8H,2,4H2,(H2,11,13). The van der Waals surface area contributed by atoms with E-state index in [1.807, 2.05) is 24.3 Å². The maximum atomic E-state index is 10.4. The lowest BCUT2D eigenvalue weighted by molar-refractivity contribution is -0.117. The molecule has 0 spiro atoms. The SMILES string of the molecule is NC(=O)CCC=Cc1ccncc1. The third-order valence-electron chi connectivity index (χ3n) is 1.57. The van der Waals surface area contributed by atoms with Gasteiger partial charge in [0.25, 0.3) is 0 Å². The highest BCUT2D eigenvalue weighted by Gasteiger charge is 1.89. The van der Waals surface area contributed by atoms with Crippen LogP contribution in [0.4, 0.5) is 0 Å². The van der Waals surface area contributed by atoms with E-state index in [-0.39, 0.29) is 5.91 Å². The fourth-order valence-electron chi connectivity index (χ4n) is 0.920. The highest BCUT2D eigenvalue weighted by atomic mass is 16.1. The number of carbonyl (C=O) groups excluding carboxylic acids is 1. The average Bonchev–Trinajstić information content (AvgIpc) is 2.14. The summed E-state index contributed by atoms with van der Waals surface area (Å²) in [4.78, 5) is 14.3. The van der Waals surface area contributed by atoms with Crippen molar-refractivity contribution in [1.29, 1.82) is 0 Å². The molecule has 0 saturated heterocycles. The molecule has 0 saturated carbocycles. The largest absolute Gasteiger partial charge is 0.370 e. The van der Waals surface area contributed by atoms with E-state index in [0.29, 0.717) is 12.8 Å². The number of amides is 1. The molecule has 0 radical (unpaired) electrons. The average molecular weight is 176 g/mol. The fraction of sp³-hybridized carbons (Fsp3) is 0.200. The van der Waals surface area contributed by atoms with Crippen molar-refractivity contribution in [2.24, 2.45) is 5.73 Å². The summed E-state index contributed by atoms with van der Waals surface area (Å²) in [5, 5.41) is 0. The van der Waals surface area contributed by atoms with E-state index in [4.69, 9.17) is 5.73 Å². The van der Waals surface area contributed by atoms with Gasteiger partial charge < -0.3 is 5.73 Å². The van der Waals surface area contributed by atoms with Crippen LogP contribution >= 0.6 is 0 Å². The zero-order valence-electron chi connectivity index (χ0n) is 7.31. The summed E-state index contributed by atoms with van der Waals surface area (Å²) in [5.74, 6) is -0.264. The summed E-state index contributed by atoms with van der Waals surface area (Å²) in [6.07, 6.45) is 8.44. The molecular weight excluding hydrogens is 164 g/mol.